The quantitative estimate of drug-likeness (QED) is 0.693. The summed E-state index contributed by atoms with van der Waals surface area (Å²) in [6, 6.07) is 8.94. The number of ether oxygens (including phenoxy) is 4. The van der Waals surface area contributed by atoms with Gasteiger partial charge in [-0.1, -0.05) is 15.9 Å². The molecule has 26 heavy (non-hydrogen) atoms. The van der Waals surface area contributed by atoms with Crippen molar-refractivity contribution in [3.8, 4) is 23.0 Å². The first kappa shape index (κ1) is 19.9. The smallest absolute Gasteiger partial charge is 0.224 e. The highest BCUT2D eigenvalue weighted by atomic mass is 79.9. The van der Waals surface area contributed by atoms with Crippen molar-refractivity contribution < 1.29 is 23.7 Å². The number of rotatable bonds is 8. The first-order chi connectivity index (χ1) is 12.5. The molecule has 0 saturated carbocycles. The molecule has 2 aromatic carbocycles. The van der Waals surface area contributed by atoms with Gasteiger partial charge in [-0.15, -0.1) is 0 Å². The Labute approximate surface area is 161 Å². The van der Waals surface area contributed by atoms with Crippen LogP contribution in [0.25, 0.3) is 0 Å². The van der Waals surface area contributed by atoms with Gasteiger partial charge in [-0.2, -0.15) is 0 Å². The molecule has 0 fully saturated rings. The van der Waals surface area contributed by atoms with E-state index in [0.717, 1.165) is 10.0 Å². The number of amides is 1. The van der Waals surface area contributed by atoms with E-state index in [1.807, 2.05) is 12.1 Å². The molecular formula is C19H22BrNO5. The molecule has 0 aliphatic rings. The zero-order valence-corrected chi connectivity index (χ0v) is 16.8. The van der Waals surface area contributed by atoms with E-state index < -0.39 is 0 Å². The summed E-state index contributed by atoms with van der Waals surface area (Å²) in [5.41, 5.74) is 1.56. The van der Waals surface area contributed by atoms with Crippen molar-refractivity contribution in [3.63, 3.8) is 0 Å². The number of benzene rings is 2. The summed E-state index contributed by atoms with van der Waals surface area (Å²) in [6.07, 6.45) is 0.856. The van der Waals surface area contributed by atoms with Gasteiger partial charge in [-0.05, 0) is 36.2 Å². The summed E-state index contributed by atoms with van der Waals surface area (Å²) in [6.45, 7) is 0. The van der Waals surface area contributed by atoms with Crippen LogP contribution in [-0.4, -0.2) is 34.3 Å². The molecule has 1 amide bonds. The van der Waals surface area contributed by atoms with Gasteiger partial charge in [0.2, 0.25) is 5.91 Å². The van der Waals surface area contributed by atoms with Crippen LogP contribution in [0.5, 0.6) is 23.0 Å². The van der Waals surface area contributed by atoms with E-state index in [1.165, 1.54) is 0 Å². The SMILES string of the molecule is COc1ccc(NC(=O)CCc2cc(OC)c(OC)cc2Br)c(OC)c1. The minimum absolute atomic E-state index is 0.116. The van der Waals surface area contributed by atoms with E-state index in [0.29, 0.717) is 41.5 Å². The summed E-state index contributed by atoms with van der Waals surface area (Å²) < 4.78 is 21.9. The van der Waals surface area contributed by atoms with E-state index >= 15 is 0 Å². The van der Waals surface area contributed by atoms with Gasteiger partial charge in [-0.25, -0.2) is 0 Å². The highest BCUT2D eigenvalue weighted by molar-refractivity contribution is 9.10. The Morgan fingerprint density at radius 1 is 0.923 bits per heavy atom. The molecule has 0 aromatic heterocycles. The van der Waals surface area contributed by atoms with Crippen LogP contribution in [0.4, 0.5) is 5.69 Å². The van der Waals surface area contributed by atoms with Gasteiger partial charge >= 0.3 is 0 Å². The molecule has 0 unspecified atom stereocenters. The first-order valence-corrected chi connectivity index (χ1v) is 8.74. The topological polar surface area (TPSA) is 66.0 Å². The Bertz CT molecular complexity index is 779. The lowest BCUT2D eigenvalue weighted by atomic mass is 10.1. The predicted octanol–water partition coefficient (Wildman–Crippen LogP) is 4.05. The number of methoxy groups -OCH3 is 4. The third-order valence-corrected chi connectivity index (χ3v) is 4.59. The van der Waals surface area contributed by atoms with Crippen LogP contribution in [0.3, 0.4) is 0 Å². The van der Waals surface area contributed by atoms with E-state index in [-0.39, 0.29) is 5.91 Å². The van der Waals surface area contributed by atoms with Crippen molar-refractivity contribution in [2.24, 2.45) is 0 Å². The van der Waals surface area contributed by atoms with Crippen molar-refractivity contribution >= 4 is 27.5 Å². The predicted molar refractivity (Wildman–Crippen MR) is 104 cm³/mol. The van der Waals surface area contributed by atoms with Gasteiger partial charge in [-0.3, -0.25) is 4.79 Å². The van der Waals surface area contributed by atoms with E-state index in [2.05, 4.69) is 21.2 Å². The molecule has 0 bridgehead atoms. The molecule has 0 atom stereocenters. The Balaban J connectivity index is 2.05. The minimum atomic E-state index is -0.116. The van der Waals surface area contributed by atoms with Gasteiger partial charge < -0.3 is 24.3 Å². The average molecular weight is 424 g/mol. The van der Waals surface area contributed by atoms with Gasteiger partial charge in [0.05, 0.1) is 34.1 Å². The monoisotopic (exact) mass is 423 g/mol. The summed E-state index contributed by atoms with van der Waals surface area (Å²) in [5, 5.41) is 2.86. The number of halogens is 1. The van der Waals surface area contributed by atoms with E-state index in [4.69, 9.17) is 18.9 Å². The molecular weight excluding hydrogens is 402 g/mol. The van der Waals surface area contributed by atoms with Crippen LogP contribution in [-0.2, 0) is 11.2 Å². The molecule has 0 radical (unpaired) electrons. The van der Waals surface area contributed by atoms with Crippen molar-refractivity contribution in [3.05, 3.63) is 40.4 Å². The summed E-state index contributed by atoms with van der Waals surface area (Å²) in [5.74, 6) is 2.35. The molecule has 2 rings (SSSR count). The number of anilines is 1. The van der Waals surface area contributed by atoms with Crippen LogP contribution in [0, 0.1) is 0 Å². The fourth-order valence-corrected chi connectivity index (χ4v) is 2.97. The Morgan fingerprint density at radius 3 is 2.19 bits per heavy atom. The second-order valence-corrected chi connectivity index (χ2v) is 6.27. The van der Waals surface area contributed by atoms with Gasteiger partial charge in [0.25, 0.3) is 0 Å². The molecule has 7 heteroatoms. The third-order valence-electron chi connectivity index (χ3n) is 3.86. The fourth-order valence-electron chi connectivity index (χ4n) is 2.45. The van der Waals surface area contributed by atoms with Crippen molar-refractivity contribution in [2.75, 3.05) is 33.8 Å². The van der Waals surface area contributed by atoms with Crippen LogP contribution in [0.2, 0.25) is 0 Å². The maximum Gasteiger partial charge on any atom is 0.224 e. The fraction of sp³-hybridized carbons (Fsp3) is 0.316. The molecule has 0 spiro atoms. The molecule has 140 valence electrons. The first-order valence-electron chi connectivity index (χ1n) is 7.94. The average Bonchev–Trinajstić information content (AvgIpc) is 2.66. The number of carbonyl (C=O) groups is 1. The zero-order chi connectivity index (χ0) is 19.1. The van der Waals surface area contributed by atoms with E-state index in [1.54, 1.807) is 46.6 Å². The lowest BCUT2D eigenvalue weighted by molar-refractivity contribution is -0.116. The summed E-state index contributed by atoms with van der Waals surface area (Å²) in [4.78, 5) is 12.3. The zero-order valence-electron chi connectivity index (χ0n) is 15.2. The second kappa shape index (κ2) is 9.33. The molecule has 1 N–H and O–H groups in total. The van der Waals surface area contributed by atoms with Crippen molar-refractivity contribution in [1.29, 1.82) is 0 Å². The minimum Gasteiger partial charge on any atom is -0.497 e. The summed E-state index contributed by atoms with van der Waals surface area (Å²) in [7, 11) is 6.29. The number of hydrogen-bond acceptors (Lipinski definition) is 5. The Kier molecular flexibility index (Phi) is 7.15. The van der Waals surface area contributed by atoms with Gasteiger partial charge in [0, 0.05) is 17.0 Å². The van der Waals surface area contributed by atoms with Crippen molar-refractivity contribution in [2.45, 2.75) is 12.8 Å². The second-order valence-electron chi connectivity index (χ2n) is 5.41. The standard InChI is InChI=1S/C19H22BrNO5/c1-23-13-6-7-15(16(10-13)24-2)21-19(22)8-5-12-9-17(25-3)18(26-4)11-14(12)20/h6-7,9-11H,5,8H2,1-4H3,(H,21,22). The Hall–Kier alpha value is -2.41. The Morgan fingerprint density at radius 2 is 1.58 bits per heavy atom. The maximum absolute atomic E-state index is 12.3. The number of aryl methyl sites for hydroxylation is 1. The van der Waals surface area contributed by atoms with Crippen LogP contribution in [0.1, 0.15) is 12.0 Å². The molecule has 6 nitrogen and oxygen atoms in total. The molecule has 0 heterocycles. The van der Waals surface area contributed by atoms with Gasteiger partial charge in [0.15, 0.2) is 11.5 Å². The number of nitrogens with one attached hydrogen (secondary N) is 1. The molecule has 0 saturated heterocycles. The number of carbonyl (C=O) groups excluding carboxylic acids is 1. The van der Waals surface area contributed by atoms with Crippen LogP contribution < -0.4 is 24.3 Å². The molecule has 0 aliphatic heterocycles. The largest absolute Gasteiger partial charge is 0.497 e. The normalized spacial score (nSPS) is 10.2. The maximum atomic E-state index is 12.3. The highest BCUT2D eigenvalue weighted by Gasteiger charge is 2.13. The van der Waals surface area contributed by atoms with E-state index in [9.17, 15) is 4.79 Å². The number of hydrogen-bond donors (Lipinski definition) is 1. The van der Waals surface area contributed by atoms with Crippen LogP contribution >= 0.6 is 15.9 Å². The van der Waals surface area contributed by atoms with Crippen molar-refractivity contribution in [1.82, 2.24) is 0 Å². The third kappa shape index (κ3) is 4.82. The van der Waals surface area contributed by atoms with Crippen LogP contribution in [0.15, 0.2) is 34.8 Å². The lowest BCUT2D eigenvalue weighted by Gasteiger charge is -2.13. The summed E-state index contributed by atoms with van der Waals surface area (Å²) >= 11 is 3.51. The molecule has 2 aromatic rings. The molecule has 0 aliphatic carbocycles. The lowest BCUT2D eigenvalue weighted by Crippen LogP contribution is -2.13. The van der Waals surface area contributed by atoms with Gasteiger partial charge in [0.1, 0.15) is 11.5 Å². The highest BCUT2D eigenvalue weighted by Crippen LogP contribution is 2.34.